The molecule has 1 aliphatic carbocycles. The quantitative estimate of drug-likeness (QED) is 0.753. The molecule has 0 radical (unpaired) electrons. The number of rotatable bonds is 4. The van der Waals surface area contributed by atoms with Crippen molar-refractivity contribution in [1.82, 2.24) is 4.90 Å². The Labute approximate surface area is 190 Å². The van der Waals surface area contributed by atoms with Gasteiger partial charge in [-0.15, -0.1) is 0 Å². The number of nitrogens with two attached hydrogens (primary N) is 1. The number of allylic oxidation sites excluding steroid dienone is 1. The van der Waals surface area contributed by atoms with Crippen LogP contribution in [0, 0.1) is 11.3 Å². The van der Waals surface area contributed by atoms with Crippen molar-refractivity contribution in [2.24, 2.45) is 17.1 Å². The number of likely N-dealkylation sites (tertiary alicyclic amines) is 1. The molecule has 0 bridgehead atoms. The monoisotopic (exact) mass is 438 g/mol. The second kappa shape index (κ2) is 8.60. The van der Waals surface area contributed by atoms with Gasteiger partial charge in [0.2, 0.25) is 11.8 Å². The Morgan fingerprint density at radius 3 is 2.50 bits per heavy atom. The molecule has 0 saturated carbocycles. The maximum absolute atomic E-state index is 13.3. The standard InChI is InChI=1S/C25H34N4O3/c1-4-19-23-18(13-25(2,3)14-21(23)30)27-17-7-5-6-8-20(17)29(19)15-22(31)28-11-9-16(10-12-28)24(26)32/h5-8,16,19,27H,4,9-15H2,1-3H3,(H2,26,32). The molecule has 2 heterocycles. The minimum absolute atomic E-state index is 0.0220. The fourth-order valence-corrected chi connectivity index (χ4v) is 5.43. The van der Waals surface area contributed by atoms with Crippen molar-refractivity contribution in [2.45, 2.75) is 58.9 Å². The van der Waals surface area contributed by atoms with Gasteiger partial charge in [0.15, 0.2) is 5.78 Å². The molecule has 1 unspecified atom stereocenters. The number of amides is 2. The van der Waals surface area contributed by atoms with E-state index >= 15 is 0 Å². The molecule has 1 saturated heterocycles. The van der Waals surface area contributed by atoms with Crippen LogP contribution in [0.5, 0.6) is 0 Å². The van der Waals surface area contributed by atoms with E-state index in [4.69, 9.17) is 5.73 Å². The van der Waals surface area contributed by atoms with Gasteiger partial charge in [-0.2, -0.15) is 0 Å². The van der Waals surface area contributed by atoms with Crippen LogP contribution >= 0.6 is 0 Å². The van der Waals surface area contributed by atoms with Gasteiger partial charge in [0.25, 0.3) is 0 Å². The summed E-state index contributed by atoms with van der Waals surface area (Å²) in [7, 11) is 0. The molecular weight excluding hydrogens is 404 g/mol. The lowest BCUT2D eigenvalue weighted by Crippen LogP contribution is -2.49. The molecule has 32 heavy (non-hydrogen) atoms. The summed E-state index contributed by atoms with van der Waals surface area (Å²) in [5.41, 5.74) is 9.04. The van der Waals surface area contributed by atoms with Gasteiger partial charge in [-0.05, 0) is 43.2 Å². The second-order valence-corrected chi connectivity index (χ2v) is 10.1. The van der Waals surface area contributed by atoms with E-state index in [1.807, 2.05) is 29.2 Å². The number of para-hydroxylation sites is 2. The van der Waals surface area contributed by atoms with Crippen LogP contribution in [-0.4, -0.2) is 48.2 Å². The Kier molecular flexibility index (Phi) is 6.01. The lowest BCUT2D eigenvalue weighted by atomic mass is 9.74. The highest BCUT2D eigenvalue weighted by atomic mass is 16.2. The second-order valence-electron chi connectivity index (χ2n) is 10.1. The number of nitrogens with zero attached hydrogens (tertiary/aromatic N) is 2. The third-order valence-electron chi connectivity index (χ3n) is 7.07. The molecule has 172 valence electrons. The average molecular weight is 439 g/mol. The normalized spacial score (nSPS) is 23.2. The first-order valence-corrected chi connectivity index (χ1v) is 11.7. The highest BCUT2D eigenvalue weighted by Gasteiger charge is 2.41. The molecular formula is C25H34N4O3. The first-order valence-electron chi connectivity index (χ1n) is 11.7. The zero-order valence-electron chi connectivity index (χ0n) is 19.3. The van der Waals surface area contributed by atoms with Gasteiger partial charge in [-0.25, -0.2) is 0 Å². The van der Waals surface area contributed by atoms with Gasteiger partial charge in [-0.1, -0.05) is 32.9 Å². The van der Waals surface area contributed by atoms with E-state index in [0.29, 0.717) is 32.4 Å². The molecule has 0 spiro atoms. The summed E-state index contributed by atoms with van der Waals surface area (Å²) in [5, 5.41) is 3.55. The number of hydrogen-bond acceptors (Lipinski definition) is 5. The molecule has 3 aliphatic rings. The van der Waals surface area contributed by atoms with E-state index < -0.39 is 0 Å². The van der Waals surface area contributed by atoms with Gasteiger partial charge in [0.05, 0.1) is 24.0 Å². The van der Waals surface area contributed by atoms with Crippen molar-refractivity contribution in [2.75, 3.05) is 29.9 Å². The van der Waals surface area contributed by atoms with E-state index in [-0.39, 0.29) is 41.5 Å². The zero-order chi connectivity index (χ0) is 23.0. The minimum atomic E-state index is -0.283. The molecule has 7 heteroatoms. The highest BCUT2D eigenvalue weighted by molar-refractivity contribution is 6.01. The van der Waals surface area contributed by atoms with Crippen LogP contribution in [0.25, 0.3) is 0 Å². The van der Waals surface area contributed by atoms with Gasteiger partial charge in [0.1, 0.15) is 0 Å². The molecule has 2 aliphatic heterocycles. The van der Waals surface area contributed by atoms with Gasteiger partial charge in [0, 0.05) is 36.7 Å². The van der Waals surface area contributed by atoms with Crippen molar-refractivity contribution >= 4 is 29.0 Å². The van der Waals surface area contributed by atoms with E-state index in [1.165, 1.54) is 0 Å². The zero-order valence-corrected chi connectivity index (χ0v) is 19.3. The van der Waals surface area contributed by atoms with Crippen molar-refractivity contribution in [1.29, 1.82) is 0 Å². The summed E-state index contributed by atoms with van der Waals surface area (Å²) in [6.45, 7) is 7.62. The van der Waals surface area contributed by atoms with E-state index in [2.05, 4.69) is 31.0 Å². The number of fused-ring (bicyclic) bond motifs is 1. The van der Waals surface area contributed by atoms with Crippen LogP contribution in [-0.2, 0) is 14.4 Å². The SMILES string of the molecule is CCC1C2=C(CC(C)(C)CC2=O)Nc2ccccc2N1CC(=O)N1CCC(C(N)=O)CC1. The van der Waals surface area contributed by atoms with E-state index in [1.54, 1.807) is 0 Å². The number of carbonyl (C=O) groups is 3. The molecule has 7 nitrogen and oxygen atoms in total. The smallest absolute Gasteiger partial charge is 0.242 e. The number of primary amides is 1. The number of piperidine rings is 1. The number of ketones is 1. The van der Waals surface area contributed by atoms with Crippen molar-refractivity contribution in [3.8, 4) is 0 Å². The van der Waals surface area contributed by atoms with Crippen molar-refractivity contribution in [3.63, 3.8) is 0 Å². The molecule has 1 atom stereocenters. The fourth-order valence-electron chi connectivity index (χ4n) is 5.43. The Bertz CT molecular complexity index is 960. The predicted octanol–water partition coefficient (Wildman–Crippen LogP) is 3.06. The molecule has 1 aromatic carbocycles. The maximum atomic E-state index is 13.3. The van der Waals surface area contributed by atoms with Crippen LogP contribution in [0.2, 0.25) is 0 Å². The topological polar surface area (TPSA) is 95.7 Å². The third-order valence-corrected chi connectivity index (χ3v) is 7.07. The lowest BCUT2D eigenvalue weighted by molar-refractivity contribution is -0.133. The number of carbonyl (C=O) groups excluding carboxylic acids is 3. The highest BCUT2D eigenvalue weighted by Crippen LogP contribution is 2.44. The van der Waals surface area contributed by atoms with Gasteiger partial charge in [-0.3, -0.25) is 14.4 Å². The van der Waals surface area contributed by atoms with Crippen LogP contribution in [0.4, 0.5) is 11.4 Å². The third kappa shape index (κ3) is 4.25. The van der Waals surface area contributed by atoms with Crippen molar-refractivity contribution < 1.29 is 14.4 Å². The van der Waals surface area contributed by atoms with Crippen LogP contribution < -0.4 is 16.0 Å². The summed E-state index contributed by atoms with van der Waals surface area (Å²) in [5.74, 6) is -0.243. The molecule has 1 aromatic rings. The Morgan fingerprint density at radius 1 is 1.16 bits per heavy atom. The maximum Gasteiger partial charge on any atom is 0.242 e. The number of Topliss-reactive ketones (excluding diaryl/α,β-unsaturated/α-hetero) is 1. The van der Waals surface area contributed by atoms with Crippen LogP contribution in [0.1, 0.15) is 52.9 Å². The van der Waals surface area contributed by atoms with Crippen molar-refractivity contribution in [3.05, 3.63) is 35.5 Å². The first kappa shape index (κ1) is 22.4. The van der Waals surface area contributed by atoms with Gasteiger partial charge < -0.3 is 20.9 Å². The summed E-state index contributed by atoms with van der Waals surface area (Å²) in [6, 6.07) is 7.82. The van der Waals surface area contributed by atoms with E-state index in [0.717, 1.165) is 35.5 Å². The van der Waals surface area contributed by atoms with Gasteiger partial charge >= 0.3 is 0 Å². The first-order chi connectivity index (χ1) is 15.2. The van der Waals surface area contributed by atoms with Crippen LogP contribution in [0.3, 0.4) is 0 Å². The summed E-state index contributed by atoms with van der Waals surface area (Å²) < 4.78 is 0. The summed E-state index contributed by atoms with van der Waals surface area (Å²) in [4.78, 5) is 42.0. The minimum Gasteiger partial charge on any atom is -0.369 e. The molecule has 2 amide bonds. The number of nitrogens with one attached hydrogen (secondary N) is 1. The Morgan fingerprint density at radius 2 is 1.84 bits per heavy atom. The van der Waals surface area contributed by atoms with Crippen LogP contribution in [0.15, 0.2) is 35.5 Å². The van der Waals surface area contributed by atoms with E-state index in [9.17, 15) is 14.4 Å². The molecule has 4 rings (SSSR count). The number of hydrogen-bond donors (Lipinski definition) is 2. The summed E-state index contributed by atoms with van der Waals surface area (Å²) >= 11 is 0. The number of benzene rings is 1. The fraction of sp³-hybridized carbons (Fsp3) is 0.560. The largest absolute Gasteiger partial charge is 0.369 e. The Hall–Kier alpha value is -2.83. The lowest BCUT2D eigenvalue weighted by Gasteiger charge is -2.38. The Balaban J connectivity index is 1.65. The molecule has 1 fully saturated rings. The average Bonchev–Trinajstić information content (AvgIpc) is 2.87. The molecule has 0 aromatic heterocycles. The predicted molar refractivity (Wildman–Crippen MR) is 125 cm³/mol. The summed E-state index contributed by atoms with van der Waals surface area (Å²) in [6.07, 6.45) is 3.28. The molecule has 3 N–H and O–H groups in total. The number of anilines is 2.